The van der Waals surface area contributed by atoms with Gasteiger partial charge in [-0.3, -0.25) is 14.4 Å². The Bertz CT molecular complexity index is 806. The summed E-state index contributed by atoms with van der Waals surface area (Å²) in [5, 5.41) is 5.66. The van der Waals surface area contributed by atoms with Crippen molar-refractivity contribution < 1.29 is 19.1 Å². The Morgan fingerprint density at radius 2 is 2.10 bits per heavy atom. The van der Waals surface area contributed by atoms with Gasteiger partial charge in [0.05, 0.1) is 5.69 Å². The van der Waals surface area contributed by atoms with Crippen LogP contribution in [0.4, 0.5) is 5.69 Å². The minimum atomic E-state index is -0.454. The Morgan fingerprint density at radius 1 is 1.30 bits per heavy atom. The van der Waals surface area contributed by atoms with Gasteiger partial charge in [-0.05, 0) is 55.2 Å². The van der Waals surface area contributed by atoms with E-state index < -0.39 is 6.04 Å². The molecule has 3 rings (SSSR count). The van der Waals surface area contributed by atoms with Crippen LogP contribution in [-0.4, -0.2) is 43.5 Å². The fraction of sp³-hybridized carbons (Fsp3) is 0.609. The van der Waals surface area contributed by atoms with Crippen molar-refractivity contribution in [2.45, 2.75) is 70.8 Å². The van der Waals surface area contributed by atoms with Crippen molar-refractivity contribution in [1.29, 1.82) is 0 Å². The van der Waals surface area contributed by atoms with Gasteiger partial charge in [0.2, 0.25) is 11.8 Å². The molecule has 0 radical (unpaired) electrons. The number of anilines is 1. The molecule has 7 nitrogen and oxygen atoms in total. The van der Waals surface area contributed by atoms with E-state index in [4.69, 9.17) is 4.74 Å². The van der Waals surface area contributed by atoms with Crippen LogP contribution in [0.3, 0.4) is 0 Å². The Morgan fingerprint density at radius 3 is 2.87 bits per heavy atom. The van der Waals surface area contributed by atoms with Crippen LogP contribution < -0.4 is 20.3 Å². The molecule has 2 aliphatic rings. The molecule has 0 aliphatic carbocycles. The summed E-state index contributed by atoms with van der Waals surface area (Å²) >= 11 is 0. The van der Waals surface area contributed by atoms with E-state index in [9.17, 15) is 14.4 Å². The number of amides is 3. The lowest BCUT2D eigenvalue weighted by Gasteiger charge is -2.32. The van der Waals surface area contributed by atoms with Crippen LogP contribution in [0, 0.1) is 0 Å². The van der Waals surface area contributed by atoms with Gasteiger partial charge in [0.1, 0.15) is 11.8 Å². The molecule has 2 aliphatic heterocycles. The highest BCUT2D eigenvalue weighted by Gasteiger charge is 2.28. The lowest BCUT2D eigenvalue weighted by atomic mass is 9.82. The molecule has 164 valence electrons. The Balaban J connectivity index is 1.61. The maximum absolute atomic E-state index is 12.5. The van der Waals surface area contributed by atoms with Gasteiger partial charge in [0.25, 0.3) is 5.91 Å². The van der Waals surface area contributed by atoms with Crippen LogP contribution in [0.5, 0.6) is 5.75 Å². The molecule has 1 aromatic carbocycles. The number of ether oxygens (including phenoxy) is 1. The molecule has 3 amide bonds. The highest BCUT2D eigenvalue weighted by molar-refractivity contribution is 5.98. The maximum atomic E-state index is 12.5. The Hall–Kier alpha value is -2.57. The molecule has 1 unspecified atom stereocenters. The monoisotopic (exact) mass is 415 g/mol. The highest BCUT2D eigenvalue weighted by atomic mass is 16.5. The van der Waals surface area contributed by atoms with E-state index in [1.54, 1.807) is 4.90 Å². The van der Waals surface area contributed by atoms with E-state index in [1.165, 1.54) is 0 Å². The van der Waals surface area contributed by atoms with Gasteiger partial charge >= 0.3 is 0 Å². The number of carbonyl (C=O) groups is 3. The van der Waals surface area contributed by atoms with Crippen LogP contribution in [0.25, 0.3) is 0 Å². The van der Waals surface area contributed by atoms with Gasteiger partial charge in [-0.1, -0.05) is 26.8 Å². The van der Waals surface area contributed by atoms with E-state index in [1.807, 2.05) is 12.1 Å². The van der Waals surface area contributed by atoms with Gasteiger partial charge < -0.3 is 20.3 Å². The Labute approximate surface area is 178 Å². The molecule has 0 bridgehead atoms. The van der Waals surface area contributed by atoms with E-state index >= 15 is 0 Å². The number of nitrogens with one attached hydrogen (secondary N) is 2. The summed E-state index contributed by atoms with van der Waals surface area (Å²) in [4.78, 5) is 38.6. The SMILES string of the molecule is CCC(C)(C)c1ccc2c(c1)N(CCCC(=O)NC1CCCCNC1=O)C(=O)CO2. The molecule has 1 atom stereocenters. The summed E-state index contributed by atoms with van der Waals surface area (Å²) in [5.41, 5.74) is 1.93. The summed E-state index contributed by atoms with van der Waals surface area (Å²) in [6.07, 6.45) is 4.29. The molecule has 0 saturated carbocycles. The smallest absolute Gasteiger partial charge is 0.265 e. The first-order valence-corrected chi connectivity index (χ1v) is 11.0. The molecule has 2 N–H and O–H groups in total. The molecule has 0 spiro atoms. The fourth-order valence-electron chi connectivity index (χ4n) is 3.81. The predicted octanol–water partition coefficient (Wildman–Crippen LogP) is 2.66. The van der Waals surface area contributed by atoms with Gasteiger partial charge in [0, 0.05) is 19.5 Å². The van der Waals surface area contributed by atoms with Gasteiger partial charge in [0.15, 0.2) is 6.61 Å². The summed E-state index contributed by atoms with van der Waals surface area (Å²) in [6, 6.07) is 5.57. The van der Waals surface area contributed by atoms with Crippen LogP contribution in [0.1, 0.15) is 64.9 Å². The topological polar surface area (TPSA) is 87.7 Å². The number of nitrogens with zero attached hydrogens (tertiary/aromatic N) is 1. The summed E-state index contributed by atoms with van der Waals surface area (Å²) in [5.74, 6) is 0.338. The first kappa shape index (κ1) is 22.1. The van der Waals surface area contributed by atoms with Crippen LogP contribution >= 0.6 is 0 Å². The molecule has 1 fully saturated rings. The van der Waals surface area contributed by atoms with E-state index in [-0.39, 0.29) is 36.2 Å². The van der Waals surface area contributed by atoms with Crippen molar-refractivity contribution in [3.05, 3.63) is 23.8 Å². The number of rotatable bonds is 7. The molecule has 7 heteroatoms. The molecule has 2 heterocycles. The number of hydrogen-bond donors (Lipinski definition) is 2. The first-order valence-electron chi connectivity index (χ1n) is 11.0. The third-order valence-corrected chi connectivity index (χ3v) is 6.22. The van der Waals surface area contributed by atoms with E-state index in [0.717, 1.165) is 30.5 Å². The third-order valence-electron chi connectivity index (χ3n) is 6.22. The number of fused-ring (bicyclic) bond motifs is 1. The predicted molar refractivity (Wildman–Crippen MR) is 116 cm³/mol. The average Bonchev–Trinajstić information content (AvgIpc) is 2.93. The van der Waals surface area contributed by atoms with Crippen LogP contribution in [0.2, 0.25) is 0 Å². The second-order valence-corrected chi connectivity index (χ2v) is 8.76. The van der Waals surface area contributed by atoms with Crippen molar-refractivity contribution in [3.8, 4) is 5.75 Å². The highest BCUT2D eigenvalue weighted by Crippen LogP contribution is 2.37. The largest absolute Gasteiger partial charge is 0.482 e. The van der Waals surface area contributed by atoms with E-state index in [0.29, 0.717) is 31.7 Å². The lowest BCUT2D eigenvalue weighted by Crippen LogP contribution is -2.45. The third kappa shape index (κ3) is 5.12. The second-order valence-electron chi connectivity index (χ2n) is 8.76. The molecule has 30 heavy (non-hydrogen) atoms. The van der Waals surface area contributed by atoms with Gasteiger partial charge in [-0.25, -0.2) is 0 Å². The summed E-state index contributed by atoms with van der Waals surface area (Å²) in [7, 11) is 0. The normalized spacial score (nSPS) is 19.4. The van der Waals surface area contributed by atoms with E-state index in [2.05, 4.69) is 37.5 Å². The van der Waals surface area contributed by atoms with Crippen molar-refractivity contribution in [2.24, 2.45) is 0 Å². The van der Waals surface area contributed by atoms with Gasteiger partial charge in [-0.2, -0.15) is 0 Å². The second kappa shape index (κ2) is 9.49. The zero-order valence-corrected chi connectivity index (χ0v) is 18.3. The number of benzene rings is 1. The first-order chi connectivity index (χ1) is 14.3. The summed E-state index contributed by atoms with van der Waals surface area (Å²) < 4.78 is 5.60. The van der Waals surface area contributed by atoms with Gasteiger partial charge in [-0.15, -0.1) is 0 Å². The van der Waals surface area contributed by atoms with Crippen molar-refractivity contribution >= 4 is 23.4 Å². The van der Waals surface area contributed by atoms with Crippen molar-refractivity contribution in [1.82, 2.24) is 10.6 Å². The standard InChI is InChI=1S/C23H33N3O4/c1-4-23(2,3)16-10-11-19-18(14-16)26(21(28)15-30-19)13-7-9-20(27)25-17-8-5-6-12-24-22(17)29/h10-11,14,17H,4-9,12-13,15H2,1-3H3,(H,24,29)(H,25,27). The number of hydrogen-bond acceptors (Lipinski definition) is 4. The number of carbonyl (C=O) groups excluding carboxylic acids is 3. The quantitative estimate of drug-likeness (QED) is 0.717. The maximum Gasteiger partial charge on any atom is 0.265 e. The minimum Gasteiger partial charge on any atom is -0.482 e. The fourth-order valence-corrected chi connectivity index (χ4v) is 3.81. The Kier molecular flexibility index (Phi) is 7.00. The molecular weight excluding hydrogens is 382 g/mol. The average molecular weight is 416 g/mol. The van der Waals surface area contributed by atoms with Crippen LogP contribution in [0.15, 0.2) is 18.2 Å². The minimum absolute atomic E-state index is 0.000361. The zero-order valence-electron chi connectivity index (χ0n) is 18.3. The molecule has 1 saturated heterocycles. The van der Waals surface area contributed by atoms with Crippen molar-refractivity contribution in [2.75, 3.05) is 24.6 Å². The molecule has 0 aromatic heterocycles. The lowest BCUT2D eigenvalue weighted by molar-refractivity contribution is -0.128. The zero-order chi connectivity index (χ0) is 21.7. The summed E-state index contributed by atoms with van der Waals surface area (Å²) in [6.45, 7) is 7.62. The molecule has 1 aromatic rings. The van der Waals surface area contributed by atoms with Crippen LogP contribution in [-0.2, 0) is 19.8 Å². The molecular formula is C23H33N3O4. The van der Waals surface area contributed by atoms with Crippen molar-refractivity contribution in [3.63, 3.8) is 0 Å².